The Morgan fingerprint density at radius 3 is 2.54 bits per heavy atom. The van der Waals surface area contributed by atoms with Gasteiger partial charge in [-0.2, -0.15) is 5.26 Å². The second-order valence-electron chi connectivity index (χ2n) is 10.2. The van der Waals surface area contributed by atoms with E-state index in [1.54, 1.807) is 41.2 Å². The summed E-state index contributed by atoms with van der Waals surface area (Å²) in [6.07, 6.45) is 4.59. The van der Waals surface area contributed by atoms with Crippen LogP contribution < -0.4 is 4.74 Å². The van der Waals surface area contributed by atoms with Crippen LogP contribution in [0.5, 0.6) is 5.88 Å². The lowest BCUT2D eigenvalue weighted by Gasteiger charge is -2.12. The van der Waals surface area contributed by atoms with Gasteiger partial charge in [0, 0.05) is 36.0 Å². The van der Waals surface area contributed by atoms with E-state index >= 15 is 8.78 Å². The second kappa shape index (κ2) is 12.9. The van der Waals surface area contributed by atoms with Gasteiger partial charge in [0.25, 0.3) is 0 Å². The van der Waals surface area contributed by atoms with Gasteiger partial charge in [-0.05, 0) is 54.1 Å². The number of methoxy groups -OCH3 is 1. The molecule has 0 saturated heterocycles. The summed E-state index contributed by atoms with van der Waals surface area (Å²) in [5.74, 6) is -2.04. The van der Waals surface area contributed by atoms with Crippen molar-refractivity contribution >= 4 is 17.0 Å². The first-order valence-electron chi connectivity index (χ1n) is 13.9. The van der Waals surface area contributed by atoms with Crippen molar-refractivity contribution in [2.45, 2.75) is 19.6 Å². The molecule has 3 aromatic carbocycles. The van der Waals surface area contributed by atoms with E-state index < -0.39 is 23.4 Å². The van der Waals surface area contributed by atoms with Crippen LogP contribution in [-0.4, -0.2) is 37.6 Å². The number of aromatic nitrogens is 5. The molecule has 0 aliphatic carbocycles. The van der Waals surface area contributed by atoms with Crippen molar-refractivity contribution < 1.29 is 27.4 Å². The first-order chi connectivity index (χ1) is 22.3. The van der Waals surface area contributed by atoms with Crippen molar-refractivity contribution in [3.8, 4) is 23.2 Å². The predicted molar refractivity (Wildman–Crippen MR) is 160 cm³/mol. The molecule has 46 heavy (non-hydrogen) atoms. The van der Waals surface area contributed by atoms with Gasteiger partial charge in [0.2, 0.25) is 5.88 Å². The van der Waals surface area contributed by atoms with Crippen LogP contribution in [0.1, 0.15) is 38.6 Å². The third-order valence-electron chi connectivity index (χ3n) is 7.23. The van der Waals surface area contributed by atoms with E-state index in [4.69, 9.17) is 14.7 Å². The first kappa shape index (κ1) is 30.0. The fourth-order valence-electron chi connectivity index (χ4n) is 4.92. The van der Waals surface area contributed by atoms with Gasteiger partial charge in [-0.25, -0.2) is 27.9 Å². The Kier molecular flexibility index (Phi) is 8.38. The van der Waals surface area contributed by atoms with E-state index in [2.05, 4.69) is 19.9 Å². The highest BCUT2D eigenvalue weighted by Crippen LogP contribution is 2.29. The molecule has 6 rings (SSSR count). The van der Waals surface area contributed by atoms with Crippen LogP contribution in [0.4, 0.5) is 13.2 Å². The standard InChI is InChI=1S/C34H23F3N6O3/c1-45-34(44)21-7-8-30-31(13-21)43(18-24-17-39-9-10-40-24)32(41-30)14-23-12-28(37)25(15-27(23)36)29-3-2-4-33(42-29)46-19-22-6-5-20(16-38)11-26(22)35/h2-13,15,17H,14,18-19H2,1H3. The summed E-state index contributed by atoms with van der Waals surface area (Å²) < 4.78 is 57.6. The fourth-order valence-corrected chi connectivity index (χ4v) is 4.92. The minimum Gasteiger partial charge on any atom is -0.473 e. The van der Waals surface area contributed by atoms with Gasteiger partial charge >= 0.3 is 5.97 Å². The molecule has 9 nitrogen and oxygen atoms in total. The molecule has 228 valence electrons. The Balaban J connectivity index is 1.29. The lowest BCUT2D eigenvalue weighted by molar-refractivity contribution is 0.0601. The molecule has 0 radical (unpaired) electrons. The zero-order chi connectivity index (χ0) is 32.2. The molecular formula is C34H23F3N6O3. The van der Waals surface area contributed by atoms with Crippen molar-refractivity contribution in [3.05, 3.63) is 137 Å². The van der Waals surface area contributed by atoms with Gasteiger partial charge < -0.3 is 14.0 Å². The molecule has 0 aliphatic rings. The topological polar surface area (TPSA) is 116 Å². The number of pyridine rings is 1. The number of carbonyl (C=O) groups is 1. The number of hydrogen-bond donors (Lipinski definition) is 0. The predicted octanol–water partition coefficient (Wildman–Crippen LogP) is 6.18. The molecule has 0 aliphatic heterocycles. The number of nitriles is 1. The number of ether oxygens (including phenoxy) is 2. The van der Waals surface area contributed by atoms with Crippen molar-refractivity contribution in [2.75, 3.05) is 7.11 Å². The maximum Gasteiger partial charge on any atom is 0.337 e. The van der Waals surface area contributed by atoms with Gasteiger partial charge in [0.1, 0.15) is 29.9 Å². The van der Waals surface area contributed by atoms with E-state index in [1.165, 1.54) is 37.6 Å². The van der Waals surface area contributed by atoms with Crippen LogP contribution in [0.3, 0.4) is 0 Å². The number of fused-ring (bicyclic) bond motifs is 1. The molecule has 0 saturated carbocycles. The Hall–Kier alpha value is -6.09. The largest absolute Gasteiger partial charge is 0.473 e. The summed E-state index contributed by atoms with van der Waals surface area (Å²) in [4.78, 5) is 29.6. The van der Waals surface area contributed by atoms with Crippen molar-refractivity contribution in [1.82, 2.24) is 24.5 Å². The summed E-state index contributed by atoms with van der Waals surface area (Å²) in [6, 6.07) is 17.5. The number of rotatable bonds is 9. The molecule has 0 unspecified atom stereocenters. The number of hydrogen-bond acceptors (Lipinski definition) is 8. The lowest BCUT2D eigenvalue weighted by Crippen LogP contribution is -2.09. The molecule has 0 atom stereocenters. The molecule has 3 aromatic heterocycles. The van der Waals surface area contributed by atoms with Crippen molar-refractivity contribution in [3.63, 3.8) is 0 Å². The highest BCUT2D eigenvalue weighted by atomic mass is 19.1. The van der Waals surface area contributed by atoms with E-state index in [-0.39, 0.29) is 53.4 Å². The zero-order valence-electron chi connectivity index (χ0n) is 24.2. The molecule has 0 N–H and O–H groups in total. The number of halogens is 3. The molecule has 0 amide bonds. The smallest absolute Gasteiger partial charge is 0.337 e. The van der Waals surface area contributed by atoms with Crippen molar-refractivity contribution in [1.29, 1.82) is 5.26 Å². The Bertz CT molecular complexity index is 2130. The highest BCUT2D eigenvalue weighted by Gasteiger charge is 2.19. The Labute approximate surface area is 260 Å². The number of esters is 1. The van der Waals surface area contributed by atoms with Gasteiger partial charge in [-0.15, -0.1) is 0 Å². The number of carbonyl (C=O) groups excluding carboxylic acids is 1. The summed E-state index contributed by atoms with van der Waals surface area (Å²) >= 11 is 0. The Morgan fingerprint density at radius 2 is 1.78 bits per heavy atom. The van der Waals surface area contributed by atoms with E-state index in [9.17, 15) is 9.18 Å². The van der Waals surface area contributed by atoms with Gasteiger partial charge in [-0.3, -0.25) is 9.97 Å². The van der Waals surface area contributed by atoms with Crippen molar-refractivity contribution in [2.24, 2.45) is 0 Å². The van der Waals surface area contributed by atoms with Crippen LogP contribution in [0.25, 0.3) is 22.3 Å². The van der Waals surface area contributed by atoms with Gasteiger partial charge in [0.05, 0.1) is 59.5 Å². The summed E-state index contributed by atoms with van der Waals surface area (Å²) in [7, 11) is 1.28. The third kappa shape index (κ3) is 6.25. The molecule has 0 spiro atoms. The molecule has 12 heteroatoms. The van der Waals surface area contributed by atoms with Crippen LogP contribution in [0, 0.1) is 28.8 Å². The van der Waals surface area contributed by atoms with Crippen LogP contribution in [0.2, 0.25) is 0 Å². The van der Waals surface area contributed by atoms with Crippen LogP contribution >= 0.6 is 0 Å². The summed E-state index contributed by atoms with van der Waals surface area (Å²) in [6.45, 7) is 0.0377. The molecule has 0 bridgehead atoms. The molecule has 0 fully saturated rings. The number of benzene rings is 3. The second-order valence-corrected chi connectivity index (χ2v) is 10.2. The summed E-state index contributed by atoms with van der Waals surface area (Å²) in [5.41, 5.74) is 2.51. The van der Waals surface area contributed by atoms with E-state index in [1.807, 2.05) is 6.07 Å². The lowest BCUT2D eigenvalue weighted by atomic mass is 10.0. The van der Waals surface area contributed by atoms with Gasteiger partial charge in [-0.1, -0.05) is 12.1 Å². The average Bonchev–Trinajstić information content (AvgIpc) is 3.41. The highest BCUT2D eigenvalue weighted by molar-refractivity contribution is 5.93. The van der Waals surface area contributed by atoms with E-state index in [0.717, 1.165) is 18.2 Å². The normalized spacial score (nSPS) is 10.9. The van der Waals surface area contributed by atoms with Gasteiger partial charge in [0.15, 0.2) is 0 Å². The minimum absolute atomic E-state index is 0.0499. The molecular weight excluding hydrogens is 597 g/mol. The number of nitrogens with zero attached hydrogens (tertiary/aromatic N) is 6. The van der Waals surface area contributed by atoms with Crippen LogP contribution in [-0.2, 0) is 24.3 Å². The molecule has 6 aromatic rings. The summed E-state index contributed by atoms with van der Waals surface area (Å²) in [5, 5.41) is 8.92. The quantitative estimate of drug-likeness (QED) is 0.176. The fraction of sp³-hybridized carbons (Fsp3) is 0.118. The third-order valence-corrected chi connectivity index (χ3v) is 7.23. The van der Waals surface area contributed by atoms with Crippen LogP contribution in [0.15, 0.2) is 85.3 Å². The maximum atomic E-state index is 15.6. The zero-order valence-corrected chi connectivity index (χ0v) is 24.2. The number of imidazole rings is 1. The maximum absolute atomic E-state index is 15.6. The first-order valence-corrected chi connectivity index (χ1v) is 13.9. The average molecular weight is 621 g/mol. The molecule has 3 heterocycles. The Morgan fingerprint density at radius 1 is 0.935 bits per heavy atom. The monoisotopic (exact) mass is 620 g/mol. The minimum atomic E-state index is -0.719. The van der Waals surface area contributed by atoms with E-state index in [0.29, 0.717) is 28.1 Å². The SMILES string of the molecule is COC(=O)c1ccc2nc(Cc3cc(F)c(-c4cccc(OCc5ccc(C#N)cc5F)n4)cc3F)n(Cc3cnccn3)c2c1.